The summed E-state index contributed by atoms with van der Waals surface area (Å²) in [6.07, 6.45) is 1.26. The van der Waals surface area contributed by atoms with Crippen LogP contribution >= 0.6 is 11.6 Å². The molecule has 1 aromatic carbocycles. The van der Waals surface area contributed by atoms with E-state index in [-0.39, 0.29) is 6.04 Å². The fraction of sp³-hybridized carbons (Fsp3) is 0.429. The van der Waals surface area contributed by atoms with Crippen LogP contribution in [0, 0.1) is 0 Å². The minimum absolute atomic E-state index is 0.166. The predicted molar refractivity (Wildman–Crippen MR) is 77.0 cm³/mol. The quantitative estimate of drug-likeness (QED) is 0.847. The van der Waals surface area contributed by atoms with Crippen molar-refractivity contribution < 1.29 is 9.26 Å². The second-order valence-corrected chi connectivity index (χ2v) is 4.99. The fourth-order valence-electron chi connectivity index (χ4n) is 1.93. The Morgan fingerprint density at radius 2 is 2.30 bits per heavy atom. The second kappa shape index (κ2) is 7.38. The zero-order valence-corrected chi connectivity index (χ0v) is 12.4. The first kappa shape index (κ1) is 15.0. The summed E-state index contributed by atoms with van der Waals surface area (Å²) in [7, 11) is 3.55. The summed E-state index contributed by atoms with van der Waals surface area (Å²) in [6, 6.07) is 7.81. The average Bonchev–Trinajstić information content (AvgIpc) is 2.85. The smallest absolute Gasteiger partial charge is 0.228 e. The molecule has 0 saturated heterocycles. The Balaban J connectivity index is 1.98. The number of benzene rings is 1. The van der Waals surface area contributed by atoms with Crippen LogP contribution < -0.4 is 5.32 Å². The lowest BCUT2D eigenvalue weighted by Gasteiger charge is -2.11. The van der Waals surface area contributed by atoms with Crippen molar-refractivity contribution in [1.29, 1.82) is 0 Å². The molecule has 108 valence electrons. The second-order valence-electron chi connectivity index (χ2n) is 4.56. The molecule has 0 aliphatic rings. The van der Waals surface area contributed by atoms with Crippen molar-refractivity contribution in [3.8, 4) is 0 Å². The molecule has 2 aromatic rings. The number of aromatic nitrogens is 2. The van der Waals surface area contributed by atoms with Crippen LogP contribution in [0.15, 0.2) is 28.8 Å². The van der Waals surface area contributed by atoms with E-state index in [9.17, 15) is 0 Å². The number of hydrogen-bond donors (Lipinski definition) is 1. The molecule has 1 atom stereocenters. The van der Waals surface area contributed by atoms with E-state index in [1.807, 2.05) is 31.3 Å². The molecule has 2 rings (SSSR count). The van der Waals surface area contributed by atoms with Crippen LogP contribution in [0.1, 0.15) is 17.3 Å². The highest BCUT2D eigenvalue weighted by Gasteiger charge is 2.13. The maximum absolute atomic E-state index is 5.95. The maximum atomic E-state index is 5.95. The van der Waals surface area contributed by atoms with Gasteiger partial charge in [-0.05, 0) is 24.7 Å². The summed E-state index contributed by atoms with van der Waals surface area (Å²) >= 11 is 5.95. The van der Waals surface area contributed by atoms with Crippen molar-refractivity contribution >= 4 is 11.6 Å². The van der Waals surface area contributed by atoms with Gasteiger partial charge in [0, 0.05) is 31.0 Å². The van der Waals surface area contributed by atoms with Crippen LogP contribution in [0.25, 0.3) is 0 Å². The van der Waals surface area contributed by atoms with Crippen LogP contribution in [0.3, 0.4) is 0 Å². The molecule has 1 aromatic heterocycles. The molecule has 1 heterocycles. The minimum atomic E-state index is 0.166. The summed E-state index contributed by atoms with van der Waals surface area (Å²) in [5.41, 5.74) is 1.06. The molecular formula is C14H18ClN3O2. The lowest BCUT2D eigenvalue weighted by molar-refractivity contribution is 0.165. The molecule has 0 bridgehead atoms. The van der Waals surface area contributed by atoms with Gasteiger partial charge in [0.15, 0.2) is 5.82 Å². The summed E-state index contributed by atoms with van der Waals surface area (Å²) in [5, 5.41) is 7.85. The lowest BCUT2D eigenvalue weighted by atomic mass is 10.1. The molecule has 5 nitrogen and oxygen atoms in total. The number of hydrogen-bond acceptors (Lipinski definition) is 5. The number of nitrogens with zero attached hydrogens (tertiary/aromatic N) is 2. The highest BCUT2D eigenvalue weighted by Crippen LogP contribution is 2.13. The Morgan fingerprint density at radius 3 is 3.00 bits per heavy atom. The van der Waals surface area contributed by atoms with Crippen molar-refractivity contribution in [1.82, 2.24) is 15.5 Å². The average molecular weight is 296 g/mol. The van der Waals surface area contributed by atoms with E-state index < -0.39 is 0 Å². The van der Waals surface area contributed by atoms with Crippen molar-refractivity contribution in [3.05, 3.63) is 46.6 Å². The van der Waals surface area contributed by atoms with Gasteiger partial charge in [-0.15, -0.1) is 0 Å². The SMILES string of the molecule is CNC(COC)Cc1nc(Cc2cccc(Cl)c2)no1. The van der Waals surface area contributed by atoms with Gasteiger partial charge in [0.1, 0.15) is 0 Å². The van der Waals surface area contributed by atoms with Gasteiger partial charge in [-0.3, -0.25) is 0 Å². The number of methoxy groups -OCH3 is 1. The normalized spacial score (nSPS) is 12.6. The molecule has 20 heavy (non-hydrogen) atoms. The summed E-state index contributed by atoms with van der Waals surface area (Å²) < 4.78 is 10.4. The molecule has 0 aliphatic carbocycles. The Morgan fingerprint density at radius 1 is 1.45 bits per heavy atom. The first-order chi connectivity index (χ1) is 9.71. The van der Waals surface area contributed by atoms with Crippen LogP contribution in [0.4, 0.5) is 0 Å². The zero-order valence-electron chi connectivity index (χ0n) is 11.6. The minimum Gasteiger partial charge on any atom is -0.383 e. The molecule has 0 aliphatic heterocycles. The Kier molecular flexibility index (Phi) is 5.52. The summed E-state index contributed by atoms with van der Waals surface area (Å²) in [4.78, 5) is 4.39. The van der Waals surface area contributed by atoms with Crippen LogP contribution in [0.2, 0.25) is 5.02 Å². The highest BCUT2D eigenvalue weighted by molar-refractivity contribution is 6.30. The van der Waals surface area contributed by atoms with Crippen molar-refractivity contribution in [3.63, 3.8) is 0 Å². The lowest BCUT2D eigenvalue weighted by Crippen LogP contribution is -2.32. The monoisotopic (exact) mass is 295 g/mol. The molecule has 0 saturated carbocycles. The Hall–Kier alpha value is -1.43. The first-order valence-electron chi connectivity index (χ1n) is 6.43. The van der Waals surface area contributed by atoms with E-state index >= 15 is 0 Å². The first-order valence-corrected chi connectivity index (χ1v) is 6.81. The molecule has 1 N–H and O–H groups in total. The Labute approximate surface area is 123 Å². The van der Waals surface area contributed by atoms with Crippen LogP contribution in [-0.2, 0) is 17.6 Å². The van der Waals surface area contributed by atoms with Gasteiger partial charge in [-0.2, -0.15) is 4.98 Å². The van der Waals surface area contributed by atoms with Crippen LogP contribution in [0.5, 0.6) is 0 Å². The van der Waals surface area contributed by atoms with Crippen molar-refractivity contribution in [2.45, 2.75) is 18.9 Å². The van der Waals surface area contributed by atoms with E-state index in [1.54, 1.807) is 7.11 Å². The molecule has 0 radical (unpaired) electrons. The number of ether oxygens (including phenoxy) is 1. The van der Waals surface area contributed by atoms with Crippen molar-refractivity contribution in [2.75, 3.05) is 20.8 Å². The number of rotatable bonds is 7. The third-order valence-electron chi connectivity index (χ3n) is 2.96. The topological polar surface area (TPSA) is 60.2 Å². The van der Waals surface area contributed by atoms with Gasteiger partial charge in [0.05, 0.1) is 6.61 Å². The number of nitrogens with one attached hydrogen (secondary N) is 1. The molecule has 0 spiro atoms. The third kappa shape index (κ3) is 4.30. The van der Waals surface area contributed by atoms with Gasteiger partial charge < -0.3 is 14.6 Å². The summed E-state index contributed by atoms with van der Waals surface area (Å²) in [6.45, 7) is 0.600. The molecule has 1 unspecified atom stereocenters. The zero-order chi connectivity index (χ0) is 14.4. The highest BCUT2D eigenvalue weighted by atomic mass is 35.5. The van der Waals surface area contributed by atoms with E-state index in [0.29, 0.717) is 36.2 Å². The van der Waals surface area contributed by atoms with E-state index in [0.717, 1.165) is 5.56 Å². The number of halogens is 1. The molecule has 0 amide bonds. The van der Waals surface area contributed by atoms with Gasteiger partial charge >= 0.3 is 0 Å². The van der Waals surface area contributed by atoms with Crippen LogP contribution in [-0.4, -0.2) is 36.9 Å². The molecule has 0 fully saturated rings. The van der Waals surface area contributed by atoms with E-state index in [4.69, 9.17) is 20.9 Å². The van der Waals surface area contributed by atoms with Gasteiger partial charge in [0.2, 0.25) is 5.89 Å². The largest absolute Gasteiger partial charge is 0.383 e. The maximum Gasteiger partial charge on any atom is 0.228 e. The predicted octanol–water partition coefficient (Wildman–Crippen LogP) is 2.09. The van der Waals surface area contributed by atoms with E-state index in [2.05, 4.69) is 15.5 Å². The van der Waals surface area contributed by atoms with Gasteiger partial charge in [0.25, 0.3) is 0 Å². The number of likely N-dealkylation sites (N-methyl/N-ethyl adjacent to an activating group) is 1. The molecule has 6 heteroatoms. The third-order valence-corrected chi connectivity index (χ3v) is 3.19. The fourth-order valence-corrected chi connectivity index (χ4v) is 2.14. The summed E-state index contributed by atoms with van der Waals surface area (Å²) in [5.74, 6) is 1.27. The standard InChI is InChI=1S/C14H18ClN3O2/c1-16-12(9-19-2)8-14-17-13(18-20-14)7-10-4-3-5-11(15)6-10/h3-6,12,16H,7-9H2,1-2H3. The molecular weight excluding hydrogens is 278 g/mol. The van der Waals surface area contributed by atoms with Gasteiger partial charge in [-0.25, -0.2) is 0 Å². The van der Waals surface area contributed by atoms with E-state index in [1.165, 1.54) is 0 Å². The van der Waals surface area contributed by atoms with Crippen molar-refractivity contribution in [2.24, 2.45) is 0 Å². The van der Waals surface area contributed by atoms with Gasteiger partial charge in [-0.1, -0.05) is 28.9 Å². The Bertz CT molecular complexity index is 545.